The minimum absolute atomic E-state index is 0. The van der Waals surface area contributed by atoms with Crippen LogP contribution in [0.15, 0.2) is 42.9 Å². The van der Waals surface area contributed by atoms with Crippen LogP contribution in [-0.2, 0) is 11.2 Å². The molecule has 0 fully saturated rings. The predicted octanol–water partition coefficient (Wildman–Crippen LogP) is -1.57. The van der Waals surface area contributed by atoms with E-state index in [9.17, 15) is 9.90 Å². The van der Waals surface area contributed by atoms with Gasteiger partial charge in [0.25, 0.3) is 0 Å². The van der Waals surface area contributed by atoms with Crippen LogP contribution in [0.2, 0.25) is 0 Å². The van der Waals surface area contributed by atoms with E-state index in [1.165, 1.54) is 11.3 Å². The minimum atomic E-state index is -1.09. The molecule has 0 aromatic carbocycles. The Morgan fingerprint density at radius 3 is 2.54 bits per heavy atom. The number of aliphatic carboxylic acids is 1. The van der Waals surface area contributed by atoms with E-state index in [1.807, 2.05) is 18.2 Å². The van der Waals surface area contributed by atoms with E-state index in [4.69, 9.17) is 0 Å². The Morgan fingerprint density at radius 2 is 1.88 bits per heavy atom. The smallest absolute Gasteiger partial charge is 0.550 e. The fraction of sp³-hybridized carbons (Fsp3) is 0.133. The summed E-state index contributed by atoms with van der Waals surface area (Å²) in [5.74, 6) is -0.661. The van der Waals surface area contributed by atoms with Crippen LogP contribution in [0.25, 0.3) is 11.4 Å². The van der Waals surface area contributed by atoms with Crippen LogP contribution >= 0.6 is 11.3 Å². The van der Waals surface area contributed by atoms with Gasteiger partial charge in [-0.1, -0.05) is 6.07 Å². The van der Waals surface area contributed by atoms with Crippen LogP contribution < -0.4 is 40.0 Å². The standard InChI is InChI=1S/C15H13N5O2S.Na/c21-12(22)6-5-11-13(10-4-1-2-7-16-10)19-15(23-11)20-14-17-8-3-9-18-14;/h1-4,7-9H,5-6H2,(H,21,22)(H,17,18,19,20);/q;+1/p-1. The number of anilines is 2. The van der Waals surface area contributed by atoms with Crippen molar-refractivity contribution in [2.24, 2.45) is 0 Å². The van der Waals surface area contributed by atoms with Gasteiger partial charge in [-0.15, -0.1) is 11.3 Å². The van der Waals surface area contributed by atoms with Crippen molar-refractivity contribution in [1.29, 1.82) is 0 Å². The van der Waals surface area contributed by atoms with Gasteiger partial charge < -0.3 is 15.2 Å². The Morgan fingerprint density at radius 1 is 1.12 bits per heavy atom. The second-order valence-corrected chi connectivity index (χ2v) is 5.66. The summed E-state index contributed by atoms with van der Waals surface area (Å²) in [5, 5.41) is 14.3. The number of carboxylic acid groups (broad SMARTS) is 1. The van der Waals surface area contributed by atoms with Gasteiger partial charge in [-0.2, -0.15) is 0 Å². The largest absolute Gasteiger partial charge is 1.00 e. The maximum Gasteiger partial charge on any atom is 1.00 e. The topological polar surface area (TPSA) is 104 Å². The van der Waals surface area contributed by atoms with Crippen LogP contribution in [0.3, 0.4) is 0 Å². The molecule has 0 aliphatic heterocycles. The Bertz CT molecular complexity index is 798. The first-order chi connectivity index (χ1) is 11.2. The molecular formula is C15H12N5NaO2S. The summed E-state index contributed by atoms with van der Waals surface area (Å²) in [6.45, 7) is 0. The fourth-order valence-corrected chi connectivity index (χ4v) is 2.92. The van der Waals surface area contributed by atoms with Crippen molar-refractivity contribution in [2.45, 2.75) is 12.8 Å². The number of thiazole rings is 1. The summed E-state index contributed by atoms with van der Waals surface area (Å²) in [5.41, 5.74) is 1.36. The van der Waals surface area contributed by atoms with Gasteiger partial charge >= 0.3 is 29.6 Å². The number of carbonyl (C=O) groups is 1. The number of aromatic nitrogens is 4. The number of hydrogen-bond donors (Lipinski definition) is 1. The molecule has 0 atom stereocenters. The third kappa shape index (κ3) is 4.81. The van der Waals surface area contributed by atoms with Crippen LogP contribution in [0, 0.1) is 0 Å². The van der Waals surface area contributed by atoms with Gasteiger partial charge in [0.1, 0.15) is 5.69 Å². The molecule has 116 valence electrons. The van der Waals surface area contributed by atoms with E-state index in [1.54, 1.807) is 24.7 Å². The molecule has 0 bridgehead atoms. The van der Waals surface area contributed by atoms with Gasteiger partial charge in [0.15, 0.2) is 5.13 Å². The molecule has 7 nitrogen and oxygen atoms in total. The number of pyridine rings is 1. The maximum absolute atomic E-state index is 10.7. The summed E-state index contributed by atoms with van der Waals surface area (Å²) in [6.07, 6.45) is 5.19. The number of aryl methyl sites for hydroxylation is 1. The van der Waals surface area contributed by atoms with Gasteiger partial charge in [-0.05, 0) is 31.0 Å². The first-order valence-electron chi connectivity index (χ1n) is 6.87. The molecule has 24 heavy (non-hydrogen) atoms. The zero-order valence-electron chi connectivity index (χ0n) is 13.0. The van der Waals surface area contributed by atoms with Crippen LogP contribution in [-0.4, -0.2) is 25.9 Å². The first kappa shape index (κ1) is 18.5. The molecule has 0 spiro atoms. The van der Waals surface area contributed by atoms with E-state index in [0.717, 1.165) is 4.88 Å². The zero-order chi connectivity index (χ0) is 16.1. The molecule has 0 unspecified atom stereocenters. The van der Waals surface area contributed by atoms with Crippen molar-refractivity contribution >= 4 is 28.4 Å². The number of rotatable bonds is 6. The Kier molecular flexibility index (Phi) is 6.80. The van der Waals surface area contributed by atoms with Crippen LogP contribution in [0.4, 0.5) is 11.1 Å². The van der Waals surface area contributed by atoms with E-state index >= 15 is 0 Å². The monoisotopic (exact) mass is 349 g/mol. The van der Waals surface area contributed by atoms with Crippen molar-refractivity contribution in [2.75, 3.05) is 5.32 Å². The van der Waals surface area contributed by atoms with Crippen molar-refractivity contribution in [3.8, 4) is 11.4 Å². The average Bonchev–Trinajstić information content (AvgIpc) is 2.97. The molecule has 0 aliphatic carbocycles. The molecule has 0 saturated heterocycles. The molecule has 0 saturated carbocycles. The number of nitrogens with one attached hydrogen (secondary N) is 1. The molecule has 3 heterocycles. The SMILES string of the molecule is O=C([O-])CCc1sc(Nc2ncccn2)nc1-c1ccccn1.[Na+]. The van der Waals surface area contributed by atoms with Crippen LogP contribution in [0.1, 0.15) is 11.3 Å². The molecule has 9 heteroatoms. The quantitative estimate of drug-likeness (QED) is 0.536. The summed E-state index contributed by atoms with van der Waals surface area (Å²) in [6, 6.07) is 7.23. The summed E-state index contributed by atoms with van der Waals surface area (Å²) in [7, 11) is 0. The Hall–Kier alpha value is -1.87. The maximum atomic E-state index is 10.7. The van der Waals surface area contributed by atoms with Gasteiger partial charge in [0.05, 0.1) is 5.69 Å². The van der Waals surface area contributed by atoms with Gasteiger partial charge in [0.2, 0.25) is 5.95 Å². The first-order valence-corrected chi connectivity index (χ1v) is 7.69. The van der Waals surface area contributed by atoms with E-state index in [-0.39, 0.29) is 36.0 Å². The van der Waals surface area contributed by atoms with Crippen LogP contribution in [0.5, 0.6) is 0 Å². The number of carbonyl (C=O) groups excluding carboxylic acids is 1. The molecule has 0 radical (unpaired) electrons. The summed E-state index contributed by atoms with van der Waals surface area (Å²) in [4.78, 5) is 28.5. The molecule has 0 aliphatic rings. The third-order valence-corrected chi connectivity index (χ3v) is 3.98. The molecular weight excluding hydrogens is 337 g/mol. The molecule has 1 N–H and O–H groups in total. The normalized spacial score (nSPS) is 10.0. The number of hydrogen-bond acceptors (Lipinski definition) is 8. The molecule has 3 aromatic heterocycles. The average molecular weight is 349 g/mol. The minimum Gasteiger partial charge on any atom is -0.550 e. The van der Waals surface area contributed by atoms with E-state index in [2.05, 4.69) is 25.3 Å². The van der Waals surface area contributed by atoms with Crippen molar-refractivity contribution in [1.82, 2.24) is 19.9 Å². The van der Waals surface area contributed by atoms with Crippen molar-refractivity contribution < 1.29 is 39.5 Å². The Labute approximate surface area is 164 Å². The van der Waals surface area contributed by atoms with E-state index < -0.39 is 5.97 Å². The van der Waals surface area contributed by atoms with Gasteiger partial charge in [-0.3, -0.25) is 4.98 Å². The van der Waals surface area contributed by atoms with Gasteiger partial charge in [0, 0.05) is 29.4 Å². The molecule has 3 aromatic rings. The summed E-state index contributed by atoms with van der Waals surface area (Å²) >= 11 is 1.36. The predicted molar refractivity (Wildman–Crippen MR) is 84.0 cm³/mol. The molecule has 3 rings (SSSR count). The number of nitrogens with zero attached hydrogens (tertiary/aromatic N) is 4. The second kappa shape index (κ2) is 8.84. The number of carboxylic acids is 1. The molecule has 0 amide bonds. The second-order valence-electron chi connectivity index (χ2n) is 4.58. The zero-order valence-corrected chi connectivity index (χ0v) is 15.8. The van der Waals surface area contributed by atoms with Crippen molar-refractivity contribution in [3.05, 3.63) is 47.7 Å². The van der Waals surface area contributed by atoms with Gasteiger partial charge in [-0.25, -0.2) is 15.0 Å². The summed E-state index contributed by atoms with van der Waals surface area (Å²) < 4.78 is 0. The van der Waals surface area contributed by atoms with Crippen molar-refractivity contribution in [3.63, 3.8) is 0 Å². The Balaban J connectivity index is 0.00000208. The van der Waals surface area contributed by atoms with E-state index in [0.29, 0.717) is 28.9 Å². The fourth-order valence-electron chi connectivity index (χ4n) is 1.95. The third-order valence-electron chi connectivity index (χ3n) is 2.95.